The van der Waals surface area contributed by atoms with Crippen LogP contribution in [0.4, 0.5) is 17.1 Å². The number of non-ortho nitro benzene ring substituents is 1. The van der Waals surface area contributed by atoms with Gasteiger partial charge in [0.05, 0.1) is 10.5 Å². The molecule has 0 saturated carbocycles. The number of nitro benzene ring substituents is 1. The third-order valence-electron chi connectivity index (χ3n) is 3.92. The minimum atomic E-state index is -0.639. The highest BCUT2D eigenvalue weighted by molar-refractivity contribution is 5.64. The fourth-order valence-electron chi connectivity index (χ4n) is 2.71. The van der Waals surface area contributed by atoms with E-state index in [9.17, 15) is 15.2 Å². The van der Waals surface area contributed by atoms with E-state index < -0.39 is 5.60 Å². The monoisotopic (exact) mass is 293 g/mol. The highest BCUT2D eigenvalue weighted by atomic mass is 16.6. The maximum atomic E-state index is 11.1. The molecule has 1 fully saturated rings. The number of nitrogens with one attached hydrogen (secondary N) is 1. The fourth-order valence-corrected chi connectivity index (χ4v) is 2.71. The lowest BCUT2D eigenvalue weighted by molar-refractivity contribution is -0.384. The van der Waals surface area contributed by atoms with Crippen LogP contribution in [-0.2, 0) is 0 Å². The maximum absolute atomic E-state index is 11.1. The van der Waals surface area contributed by atoms with Gasteiger partial charge in [0.25, 0.3) is 5.69 Å². The Morgan fingerprint density at radius 3 is 2.81 bits per heavy atom. The van der Waals surface area contributed by atoms with Crippen LogP contribution in [0.1, 0.15) is 33.1 Å². The summed E-state index contributed by atoms with van der Waals surface area (Å²) in [4.78, 5) is 12.8. The van der Waals surface area contributed by atoms with Crippen molar-refractivity contribution in [2.24, 2.45) is 0 Å². The molecule has 0 spiro atoms. The topological polar surface area (TPSA) is 78.6 Å². The van der Waals surface area contributed by atoms with E-state index in [-0.39, 0.29) is 10.6 Å². The minimum absolute atomic E-state index is 0.0967. The first kappa shape index (κ1) is 15.6. The third-order valence-corrected chi connectivity index (χ3v) is 3.92. The molecule has 6 nitrogen and oxygen atoms in total. The summed E-state index contributed by atoms with van der Waals surface area (Å²) in [6, 6.07) is 5.11. The average molecular weight is 293 g/mol. The first-order valence-corrected chi connectivity index (χ1v) is 7.42. The van der Waals surface area contributed by atoms with Gasteiger partial charge in [0.1, 0.15) is 0 Å². The van der Waals surface area contributed by atoms with Gasteiger partial charge in [-0.3, -0.25) is 10.1 Å². The summed E-state index contributed by atoms with van der Waals surface area (Å²) in [6.07, 6.45) is 2.32. The molecule has 6 heteroatoms. The van der Waals surface area contributed by atoms with E-state index in [1.807, 2.05) is 19.9 Å². The number of nitrogens with zero attached hydrogens (tertiary/aromatic N) is 2. The molecule has 1 heterocycles. The van der Waals surface area contributed by atoms with Gasteiger partial charge in [0, 0.05) is 43.1 Å². The van der Waals surface area contributed by atoms with E-state index in [4.69, 9.17) is 0 Å². The zero-order valence-electron chi connectivity index (χ0n) is 12.6. The largest absolute Gasteiger partial charge is 0.390 e. The normalized spacial score (nSPS) is 22.7. The Hall–Kier alpha value is -1.82. The fraction of sp³-hybridized carbons (Fsp3) is 0.600. The molecule has 0 radical (unpaired) electrons. The van der Waals surface area contributed by atoms with Gasteiger partial charge in [-0.25, -0.2) is 0 Å². The molecule has 1 atom stereocenters. The van der Waals surface area contributed by atoms with E-state index in [2.05, 4.69) is 10.2 Å². The van der Waals surface area contributed by atoms with Gasteiger partial charge >= 0.3 is 0 Å². The van der Waals surface area contributed by atoms with Gasteiger partial charge in [-0.15, -0.1) is 0 Å². The molecule has 1 aromatic carbocycles. The number of hydrogen-bond acceptors (Lipinski definition) is 5. The molecule has 2 rings (SSSR count). The molecular weight excluding hydrogens is 270 g/mol. The Labute approximate surface area is 124 Å². The number of rotatable bonds is 4. The molecule has 21 heavy (non-hydrogen) atoms. The molecule has 0 aromatic heterocycles. The Kier molecular flexibility index (Phi) is 4.67. The summed E-state index contributed by atoms with van der Waals surface area (Å²) in [7, 11) is 0. The first-order valence-electron chi connectivity index (χ1n) is 7.42. The number of anilines is 2. The van der Waals surface area contributed by atoms with Crippen LogP contribution in [0, 0.1) is 10.1 Å². The smallest absolute Gasteiger partial charge is 0.273 e. The summed E-state index contributed by atoms with van der Waals surface area (Å²) in [6.45, 7) is 6.05. The van der Waals surface area contributed by atoms with E-state index in [0.29, 0.717) is 13.0 Å². The Balaban J connectivity index is 2.27. The summed E-state index contributed by atoms with van der Waals surface area (Å²) < 4.78 is 0. The molecule has 1 aliphatic heterocycles. The van der Waals surface area contributed by atoms with Crippen molar-refractivity contribution >= 4 is 17.1 Å². The van der Waals surface area contributed by atoms with Crippen LogP contribution in [-0.4, -0.2) is 35.3 Å². The second-order valence-electron chi connectivity index (χ2n) is 5.86. The number of benzene rings is 1. The quantitative estimate of drug-likeness (QED) is 0.659. The predicted octanol–water partition coefficient (Wildman–Crippen LogP) is 2.77. The van der Waals surface area contributed by atoms with E-state index in [1.165, 1.54) is 0 Å². The molecule has 0 bridgehead atoms. The third kappa shape index (κ3) is 4.07. The van der Waals surface area contributed by atoms with Crippen molar-refractivity contribution in [1.82, 2.24) is 0 Å². The summed E-state index contributed by atoms with van der Waals surface area (Å²) in [5.41, 5.74) is 1.06. The van der Waals surface area contributed by atoms with Crippen LogP contribution in [0.3, 0.4) is 0 Å². The lowest BCUT2D eigenvalue weighted by atomic mass is 9.98. The Morgan fingerprint density at radius 2 is 2.14 bits per heavy atom. The molecule has 0 amide bonds. The number of hydrogen-bond donors (Lipinski definition) is 2. The molecular formula is C15H23N3O3. The van der Waals surface area contributed by atoms with Crippen molar-refractivity contribution in [3.8, 4) is 0 Å². The SMILES string of the molecule is CCNc1cc(N2CCCC(C)(O)CC2)cc([N+](=O)[O-])c1. The van der Waals surface area contributed by atoms with Crippen molar-refractivity contribution in [1.29, 1.82) is 0 Å². The van der Waals surface area contributed by atoms with Crippen LogP contribution in [0.15, 0.2) is 18.2 Å². The molecule has 0 aliphatic carbocycles. The van der Waals surface area contributed by atoms with Crippen LogP contribution in [0.25, 0.3) is 0 Å². The van der Waals surface area contributed by atoms with Crippen molar-refractivity contribution in [3.05, 3.63) is 28.3 Å². The van der Waals surface area contributed by atoms with Gasteiger partial charge in [-0.2, -0.15) is 0 Å². The van der Waals surface area contributed by atoms with Crippen LogP contribution < -0.4 is 10.2 Å². The first-order chi connectivity index (χ1) is 9.91. The summed E-state index contributed by atoms with van der Waals surface area (Å²) in [5, 5.41) is 24.4. The van der Waals surface area contributed by atoms with Crippen molar-refractivity contribution in [2.75, 3.05) is 29.9 Å². The predicted molar refractivity (Wildman–Crippen MR) is 83.9 cm³/mol. The van der Waals surface area contributed by atoms with Gasteiger partial charge in [-0.05, 0) is 39.2 Å². The minimum Gasteiger partial charge on any atom is -0.390 e. The maximum Gasteiger partial charge on any atom is 0.273 e. The van der Waals surface area contributed by atoms with Crippen LogP contribution >= 0.6 is 0 Å². The standard InChI is InChI=1S/C15H23N3O3/c1-3-16-12-9-13(11-14(10-12)18(20)21)17-7-4-5-15(2,19)6-8-17/h9-11,16,19H,3-8H2,1-2H3. The zero-order chi connectivity index (χ0) is 15.5. The van der Waals surface area contributed by atoms with Crippen molar-refractivity contribution in [2.45, 2.75) is 38.7 Å². The summed E-state index contributed by atoms with van der Waals surface area (Å²) in [5.74, 6) is 0. The molecule has 1 unspecified atom stereocenters. The molecule has 1 aromatic rings. The van der Waals surface area contributed by atoms with Gasteiger partial charge < -0.3 is 15.3 Å². The Bertz CT molecular complexity index is 517. The second-order valence-corrected chi connectivity index (χ2v) is 5.86. The van der Waals surface area contributed by atoms with Gasteiger partial charge in [0.2, 0.25) is 0 Å². The lowest BCUT2D eigenvalue weighted by Gasteiger charge is -2.24. The van der Waals surface area contributed by atoms with Gasteiger partial charge in [0.15, 0.2) is 0 Å². The number of nitro groups is 1. The van der Waals surface area contributed by atoms with E-state index >= 15 is 0 Å². The van der Waals surface area contributed by atoms with Gasteiger partial charge in [-0.1, -0.05) is 0 Å². The highest BCUT2D eigenvalue weighted by Gasteiger charge is 2.25. The molecule has 1 saturated heterocycles. The number of aliphatic hydroxyl groups is 1. The average Bonchev–Trinajstić information content (AvgIpc) is 2.59. The van der Waals surface area contributed by atoms with Crippen molar-refractivity contribution < 1.29 is 10.0 Å². The highest BCUT2D eigenvalue weighted by Crippen LogP contribution is 2.30. The lowest BCUT2D eigenvalue weighted by Crippen LogP contribution is -2.28. The zero-order valence-corrected chi connectivity index (χ0v) is 12.6. The molecule has 116 valence electrons. The molecule has 1 aliphatic rings. The van der Waals surface area contributed by atoms with E-state index in [1.54, 1.807) is 12.1 Å². The van der Waals surface area contributed by atoms with Crippen LogP contribution in [0.5, 0.6) is 0 Å². The second kappa shape index (κ2) is 6.30. The van der Waals surface area contributed by atoms with Crippen LogP contribution in [0.2, 0.25) is 0 Å². The Morgan fingerprint density at radius 1 is 1.38 bits per heavy atom. The molecule has 2 N–H and O–H groups in total. The van der Waals surface area contributed by atoms with E-state index in [0.717, 1.165) is 37.3 Å². The summed E-state index contributed by atoms with van der Waals surface area (Å²) >= 11 is 0. The van der Waals surface area contributed by atoms with Crippen molar-refractivity contribution in [3.63, 3.8) is 0 Å².